The van der Waals surface area contributed by atoms with Gasteiger partial charge >= 0.3 is 0 Å². The zero-order chi connectivity index (χ0) is 59.7. The fraction of sp³-hybridized carbons (Fsp3) is 0.871. The second-order valence-electron chi connectivity index (χ2n) is 24.7. The third kappa shape index (κ3) is 33.5. The van der Waals surface area contributed by atoms with E-state index in [1.165, 1.54) is 128 Å². The van der Waals surface area contributed by atoms with E-state index >= 15 is 0 Å². The molecule has 0 saturated heterocycles. The molecule has 0 unspecified atom stereocenters. The molecule has 480 valence electrons. The molecule has 0 aliphatic heterocycles. The molecule has 6 amide bonds. The van der Waals surface area contributed by atoms with Gasteiger partial charge in [0.05, 0.1) is 5.69 Å². The average molecular weight is 1180 g/mol. The van der Waals surface area contributed by atoms with Crippen LogP contribution in [0.5, 0.6) is 0 Å². The van der Waals surface area contributed by atoms with E-state index in [1.807, 2.05) is 10.9 Å². The zero-order valence-corrected chi connectivity index (χ0v) is 52.3. The maximum Gasteiger partial charge on any atom is 0.221 e. The number of carbonyl (C=O) groups is 6. The molecule has 22 nitrogen and oxygen atoms in total. The number of amides is 6. The van der Waals surface area contributed by atoms with E-state index in [0.717, 1.165) is 38.3 Å². The van der Waals surface area contributed by atoms with Crippen LogP contribution in [0.3, 0.4) is 0 Å². The molecule has 4 saturated carbocycles. The molecule has 1 aromatic heterocycles. The van der Waals surface area contributed by atoms with Crippen molar-refractivity contribution in [2.24, 2.45) is 0 Å². The Morgan fingerprint density at radius 1 is 0.393 bits per heavy atom. The van der Waals surface area contributed by atoms with E-state index in [0.29, 0.717) is 155 Å². The summed E-state index contributed by atoms with van der Waals surface area (Å²) in [5, 5.41) is 41.4. The first-order chi connectivity index (χ1) is 41.0. The molecule has 0 spiro atoms. The van der Waals surface area contributed by atoms with E-state index in [1.54, 1.807) is 0 Å². The maximum absolute atomic E-state index is 13.5. The predicted molar refractivity (Wildman–Crippen MR) is 333 cm³/mol. The summed E-state index contributed by atoms with van der Waals surface area (Å²) in [7, 11) is 0. The summed E-state index contributed by atoms with van der Waals surface area (Å²) in [6, 6.07) is 2.14. The van der Waals surface area contributed by atoms with Gasteiger partial charge in [-0.05, 0) is 70.3 Å². The lowest BCUT2D eigenvalue weighted by atomic mass is 9.95. The van der Waals surface area contributed by atoms with Gasteiger partial charge in [-0.3, -0.25) is 33.4 Å². The van der Waals surface area contributed by atoms with Crippen molar-refractivity contribution in [1.82, 2.24) is 82.9 Å². The Bertz CT molecular complexity index is 1760. The minimum Gasteiger partial charge on any atom is -0.355 e. The van der Waals surface area contributed by atoms with Gasteiger partial charge in [-0.25, -0.2) is 0 Å². The van der Waals surface area contributed by atoms with Gasteiger partial charge in [0, 0.05) is 193 Å². The number of nitrogens with one attached hydrogen (secondary N) is 10. The largest absolute Gasteiger partial charge is 0.355 e. The molecule has 0 aromatic carbocycles. The first-order valence-corrected chi connectivity index (χ1v) is 33.6. The molecular weight excluding hydrogens is 1060 g/mol. The van der Waals surface area contributed by atoms with Gasteiger partial charge in [-0.2, -0.15) is 0 Å². The molecule has 4 aliphatic carbocycles. The van der Waals surface area contributed by atoms with Gasteiger partial charge in [0.1, 0.15) is 0 Å². The Hall–Kier alpha value is -4.32. The molecule has 10 N–H and O–H groups in total. The first-order valence-electron chi connectivity index (χ1n) is 33.6. The number of aryl methyl sites for hydroxylation is 1. The molecule has 1 heterocycles. The van der Waals surface area contributed by atoms with Gasteiger partial charge in [0.25, 0.3) is 0 Å². The summed E-state index contributed by atoms with van der Waals surface area (Å²) in [6.07, 6.45) is 29.2. The van der Waals surface area contributed by atoms with Crippen molar-refractivity contribution in [2.75, 3.05) is 124 Å². The van der Waals surface area contributed by atoms with Gasteiger partial charge in [-0.15, -0.1) is 5.10 Å². The highest BCUT2D eigenvalue weighted by atomic mass is 16.2. The topological polar surface area (TPSA) is 263 Å². The summed E-state index contributed by atoms with van der Waals surface area (Å²) in [5.74, 6) is -0.0553. The molecule has 0 radical (unpaired) electrons. The Balaban J connectivity index is 1.06. The monoisotopic (exact) mass is 1180 g/mol. The first kappa shape index (κ1) is 70.4. The minimum atomic E-state index is -0.108. The number of rotatable bonds is 45. The smallest absolute Gasteiger partial charge is 0.221 e. The Morgan fingerprint density at radius 2 is 0.667 bits per heavy atom. The van der Waals surface area contributed by atoms with Crippen LogP contribution in [-0.2, 0) is 35.3 Å². The summed E-state index contributed by atoms with van der Waals surface area (Å²) in [6.45, 7) is 15.3. The van der Waals surface area contributed by atoms with E-state index in [-0.39, 0.29) is 54.2 Å². The highest BCUT2D eigenvalue weighted by molar-refractivity contribution is 5.78. The molecule has 4 fully saturated rings. The third-order valence-corrected chi connectivity index (χ3v) is 17.4. The molecule has 0 atom stereocenters. The van der Waals surface area contributed by atoms with Crippen molar-refractivity contribution in [3.63, 3.8) is 0 Å². The van der Waals surface area contributed by atoms with Crippen molar-refractivity contribution in [3.8, 4) is 0 Å². The number of hydrogen-bond acceptors (Lipinski definition) is 15. The highest BCUT2D eigenvalue weighted by Gasteiger charge is 2.19. The van der Waals surface area contributed by atoms with Crippen LogP contribution < -0.4 is 53.2 Å². The van der Waals surface area contributed by atoms with Crippen molar-refractivity contribution in [1.29, 1.82) is 0 Å². The molecule has 5 rings (SSSR count). The lowest BCUT2D eigenvalue weighted by Gasteiger charge is -2.24. The Kier molecular flexibility index (Phi) is 37.0. The predicted octanol–water partition coefficient (Wildman–Crippen LogP) is 3.42. The molecule has 22 heteroatoms. The molecule has 4 aliphatic rings. The highest BCUT2D eigenvalue weighted by Crippen LogP contribution is 2.20. The summed E-state index contributed by atoms with van der Waals surface area (Å²) in [5.41, 5.74) is 0.931. The quantitative estimate of drug-likeness (QED) is 0.0420. The number of carbonyl (C=O) groups excluding carboxylic acids is 6. The maximum atomic E-state index is 13.5. The van der Waals surface area contributed by atoms with E-state index < -0.39 is 0 Å². The summed E-state index contributed by atoms with van der Waals surface area (Å²) < 4.78 is 1.85. The van der Waals surface area contributed by atoms with Crippen molar-refractivity contribution >= 4 is 35.4 Å². The number of nitrogens with zero attached hydrogens (tertiary/aromatic N) is 6. The fourth-order valence-electron chi connectivity index (χ4n) is 12.1. The molecule has 0 bridgehead atoms. The van der Waals surface area contributed by atoms with Crippen LogP contribution in [0, 0.1) is 0 Å². The second-order valence-corrected chi connectivity index (χ2v) is 24.7. The van der Waals surface area contributed by atoms with Crippen molar-refractivity contribution < 1.29 is 28.8 Å². The molecule has 84 heavy (non-hydrogen) atoms. The number of hydrogen-bond donors (Lipinski definition) is 10. The van der Waals surface area contributed by atoms with Crippen LogP contribution in [0.2, 0.25) is 0 Å². The van der Waals surface area contributed by atoms with Gasteiger partial charge in [-0.1, -0.05) is 96.1 Å². The van der Waals surface area contributed by atoms with Crippen LogP contribution in [0.15, 0.2) is 6.20 Å². The molecule has 1 aromatic rings. The minimum absolute atomic E-state index is 0.0263. The van der Waals surface area contributed by atoms with Crippen LogP contribution >= 0.6 is 0 Å². The van der Waals surface area contributed by atoms with Crippen molar-refractivity contribution in [2.45, 2.75) is 224 Å². The second kappa shape index (κ2) is 44.2. The summed E-state index contributed by atoms with van der Waals surface area (Å²) >= 11 is 0. The van der Waals surface area contributed by atoms with E-state index in [9.17, 15) is 28.8 Å². The lowest BCUT2D eigenvalue weighted by molar-refractivity contribution is -0.123. The van der Waals surface area contributed by atoms with Crippen LogP contribution in [0.25, 0.3) is 0 Å². The normalized spacial score (nSPS) is 16.8. The fourth-order valence-corrected chi connectivity index (χ4v) is 12.1. The average Bonchev–Trinajstić information content (AvgIpc) is 4.05. The van der Waals surface area contributed by atoms with E-state index in [2.05, 4.69) is 92.0 Å². The van der Waals surface area contributed by atoms with Crippen LogP contribution in [0.4, 0.5) is 0 Å². The molecular formula is C62H116N16O6. The zero-order valence-electron chi connectivity index (χ0n) is 52.3. The standard InChI is InChI=1S/C62H116N16O6/c1-51(2)56-50-78(74-73-56)41-15-40-75(42-24-61(83)71-38-48-76(44-26-57(79)67-34-30-63-52-16-7-3-8-17-52)45-27-58(80)68-35-31-64-53-18-9-4-10-19-53)43-25-62(84)72-39-49-77(46-28-59(81)69-36-32-65-54-20-11-5-12-21-54)47-29-60(82)70-37-33-66-55-22-13-6-14-23-55/h50-55,63-66H,3-49H2,1-2H3,(H,67,79)(H,68,80)(H,69,81)(H,70,82)(H,71,83)(H,72,84). The van der Waals surface area contributed by atoms with Gasteiger partial charge in [0.2, 0.25) is 35.4 Å². The van der Waals surface area contributed by atoms with E-state index in [4.69, 9.17) is 0 Å². The van der Waals surface area contributed by atoms with Crippen LogP contribution in [0.1, 0.15) is 199 Å². The van der Waals surface area contributed by atoms with Gasteiger partial charge < -0.3 is 67.9 Å². The SMILES string of the molecule is CC(C)c1cn(CCCN(CCC(=O)NCCN(CCC(=O)NCCNC2CCCCC2)CCC(=O)NCCNC2CCCCC2)CCC(=O)NCCN(CCC(=O)NCCNC2CCCCC2)CCC(=O)NCCNC2CCCCC2)nn1. The number of aromatic nitrogens is 3. The van der Waals surface area contributed by atoms with Crippen molar-refractivity contribution in [3.05, 3.63) is 11.9 Å². The Labute approximate surface area is 505 Å². The lowest BCUT2D eigenvalue weighted by Crippen LogP contribution is -2.42. The Morgan fingerprint density at radius 3 is 0.940 bits per heavy atom. The van der Waals surface area contributed by atoms with Crippen LogP contribution in [-0.4, -0.2) is 214 Å². The van der Waals surface area contributed by atoms with Gasteiger partial charge in [0.15, 0.2) is 0 Å². The third-order valence-electron chi connectivity index (χ3n) is 17.4. The summed E-state index contributed by atoms with van der Waals surface area (Å²) in [4.78, 5) is 85.1.